The molecule has 0 saturated carbocycles. The van der Waals surface area contributed by atoms with Gasteiger partial charge in [0.05, 0.1) is 17.1 Å². The molecule has 1 unspecified atom stereocenters. The number of nitrogen functional groups attached to an aromatic ring is 1. The second kappa shape index (κ2) is 9.60. The Kier molecular flexibility index (Phi) is 6.44. The maximum Gasteiger partial charge on any atom is 0.303 e. The number of nitrogens with zero attached hydrogens (tertiary/aromatic N) is 3. The molecule has 0 saturated heterocycles. The first-order valence-corrected chi connectivity index (χ1v) is 10.7. The van der Waals surface area contributed by atoms with Gasteiger partial charge in [0.25, 0.3) is 0 Å². The van der Waals surface area contributed by atoms with E-state index in [1.165, 1.54) is 11.1 Å². The van der Waals surface area contributed by atoms with Crippen molar-refractivity contribution in [3.63, 3.8) is 0 Å². The molecular weight excluding hydrogens is 404 g/mol. The summed E-state index contributed by atoms with van der Waals surface area (Å²) in [6, 6.07) is 18.7. The maximum atomic E-state index is 10.7. The second-order valence-corrected chi connectivity index (χ2v) is 7.92. The van der Waals surface area contributed by atoms with E-state index in [1.54, 1.807) is 0 Å². The summed E-state index contributed by atoms with van der Waals surface area (Å²) in [6.07, 6.45) is 1.85. The average molecular weight is 431 g/mol. The molecule has 3 N–H and O–H groups in total. The molecule has 7 nitrogen and oxygen atoms in total. The lowest BCUT2D eigenvalue weighted by Crippen LogP contribution is -2.24. The third kappa shape index (κ3) is 4.77. The van der Waals surface area contributed by atoms with Crippen LogP contribution in [-0.4, -0.2) is 33.4 Å². The minimum Gasteiger partial charge on any atom is -0.481 e. The van der Waals surface area contributed by atoms with Gasteiger partial charge in [-0.05, 0) is 42.4 Å². The van der Waals surface area contributed by atoms with Gasteiger partial charge in [-0.25, -0.2) is 9.97 Å². The first-order valence-electron chi connectivity index (χ1n) is 10.7. The molecule has 2 aromatic carbocycles. The van der Waals surface area contributed by atoms with Crippen LogP contribution in [0, 0.1) is 6.92 Å². The second-order valence-electron chi connectivity index (χ2n) is 7.92. The minimum atomic E-state index is -0.846. The third-order valence-electron chi connectivity index (χ3n) is 5.64. The van der Waals surface area contributed by atoms with Gasteiger partial charge >= 0.3 is 5.97 Å². The molecule has 1 aromatic heterocycles. The van der Waals surface area contributed by atoms with Gasteiger partial charge in [0, 0.05) is 18.4 Å². The topological polar surface area (TPSA) is 111 Å². The Hall–Kier alpha value is -3.74. The van der Waals surface area contributed by atoms with E-state index in [-0.39, 0.29) is 24.9 Å². The summed E-state index contributed by atoms with van der Waals surface area (Å²) in [7, 11) is 0. The number of nitrogens with two attached hydrogens (primary N) is 1. The van der Waals surface area contributed by atoms with E-state index in [1.807, 2.05) is 31.2 Å². The van der Waals surface area contributed by atoms with Gasteiger partial charge in [-0.3, -0.25) is 4.79 Å². The number of aliphatic carboxylic acids is 1. The van der Waals surface area contributed by atoms with Gasteiger partial charge < -0.3 is 15.7 Å². The van der Waals surface area contributed by atoms with Gasteiger partial charge in [0.1, 0.15) is 6.61 Å². The number of carboxylic acid groups (broad SMARTS) is 1. The van der Waals surface area contributed by atoms with E-state index < -0.39 is 5.97 Å². The number of fused-ring (bicyclic) bond motifs is 1. The molecule has 32 heavy (non-hydrogen) atoms. The van der Waals surface area contributed by atoms with E-state index in [0.29, 0.717) is 12.8 Å². The average Bonchev–Trinajstić information content (AvgIpc) is 2.78. The highest BCUT2D eigenvalue weighted by Crippen LogP contribution is 2.38. The number of anilines is 1. The lowest BCUT2D eigenvalue weighted by molar-refractivity contribution is -0.137. The van der Waals surface area contributed by atoms with Crippen LogP contribution in [0.15, 0.2) is 59.8 Å². The van der Waals surface area contributed by atoms with Crippen molar-refractivity contribution in [2.24, 2.45) is 5.16 Å². The van der Waals surface area contributed by atoms with Crippen molar-refractivity contribution in [1.29, 1.82) is 0 Å². The van der Waals surface area contributed by atoms with Crippen LogP contribution in [0.3, 0.4) is 0 Å². The zero-order chi connectivity index (χ0) is 22.5. The molecule has 0 spiro atoms. The van der Waals surface area contributed by atoms with Crippen LogP contribution >= 0.6 is 0 Å². The first kappa shape index (κ1) is 21.5. The zero-order valence-corrected chi connectivity index (χ0v) is 18.0. The number of hydrogen-bond donors (Lipinski definition) is 2. The number of oxime groups is 1. The van der Waals surface area contributed by atoms with Gasteiger partial charge in [-0.15, -0.1) is 0 Å². The van der Waals surface area contributed by atoms with Crippen molar-refractivity contribution < 1.29 is 14.7 Å². The van der Waals surface area contributed by atoms with Crippen LogP contribution in [0.1, 0.15) is 47.7 Å². The smallest absolute Gasteiger partial charge is 0.303 e. The minimum absolute atomic E-state index is 0.0488. The van der Waals surface area contributed by atoms with Crippen molar-refractivity contribution >= 4 is 17.6 Å². The van der Waals surface area contributed by atoms with Gasteiger partial charge in [0.15, 0.2) is 0 Å². The Morgan fingerprint density at radius 3 is 2.66 bits per heavy atom. The van der Waals surface area contributed by atoms with Crippen molar-refractivity contribution in [3.05, 3.63) is 77.1 Å². The summed E-state index contributed by atoms with van der Waals surface area (Å²) >= 11 is 0. The fourth-order valence-corrected chi connectivity index (χ4v) is 4.27. The summed E-state index contributed by atoms with van der Waals surface area (Å²) < 4.78 is 0. The Morgan fingerprint density at radius 1 is 1.12 bits per heavy atom. The van der Waals surface area contributed by atoms with E-state index in [9.17, 15) is 4.79 Å². The SMILES string of the molecule is Cc1nc(N)nc2c1C(=NOCCCC(=O)O)CC(c1ccccc1-c1ccccc1)C2. The summed E-state index contributed by atoms with van der Waals surface area (Å²) in [5.41, 5.74) is 12.8. The van der Waals surface area contributed by atoms with Crippen LogP contribution in [-0.2, 0) is 16.1 Å². The molecule has 164 valence electrons. The summed E-state index contributed by atoms with van der Waals surface area (Å²) in [5, 5.41) is 13.2. The molecule has 4 rings (SSSR count). The number of carbonyl (C=O) groups is 1. The van der Waals surface area contributed by atoms with Crippen LogP contribution in [0.5, 0.6) is 0 Å². The molecule has 1 aliphatic rings. The Bertz CT molecular complexity index is 1150. The molecule has 0 fully saturated rings. The molecule has 1 heterocycles. The van der Waals surface area contributed by atoms with Crippen LogP contribution in [0.4, 0.5) is 5.95 Å². The lowest BCUT2D eigenvalue weighted by atomic mass is 9.78. The number of aryl methyl sites for hydroxylation is 1. The quantitative estimate of drug-likeness (QED) is 0.426. The van der Waals surface area contributed by atoms with Crippen molar-refractivity contribution in [3.8, 4) is 11.1 Å². The van der Waals surface area contributed by atoms with Gasteiger partial charge in [-0.2, -0.15) is 0 Å². The number of hydrogen-bond acceptors (Lipinski definition) is 6. The zero-order valence-electron chi connectivity index (χ0n) is 18.0. The van der Waals surface area contributed by atoms with Crippen molar-refractivity contribution in [2.75, 3.05) is 12.3 Å². The molecular formula is C25H26N4O3. The fraction of sp³-hybridized carbons (Fsp3) is 0.280. The van der Waals surface area contributed by atoms with Crippen LogP contribution in [0.2, 0.25) is 0 Å². The van der Waals surface area contributed by atoms with Crippen LogP contribution in [0.25, 0.3) is 11.1 Å². The Labute approximate surface area is 187 Å². The predicted octanol–water partition coefficient (Wildman–Crippen LogP) is 4.35. The molecule has 3 aromatic rings. The Balaban J connectivity index is 1.68. The number of rotatable bonds is 7. The normalized spacial score (nSPS) is 16.5. The number of carboxylic acids is 1. The highest BCUT2D eigenvalue weighted by Gasteiger charge is 2.30. The number of benzene rings is 2. The fourth-order valence-electron chi connectivity index (χ4n) is 4.27. The van der Waals surface area contributed by atoms with E-state index >= 15 is 0 Å². The molecule has 0 bridgehead atoms. The number of aromatic nitrogens is 2. The Morgan fingerprint density at radius 2 is 1.88 bits per heavy atom. The summed E-state index contributed by atoms with van der Waals surface area (Å²) in [6.45, 7) is 2.14. The third-order valence-corrected chi connectivity index (χ3v) is 5.64. The highest BCUT2D eigenvalue weighted by molar-refractivity contribution is 6.03. The molecule has 0 radical (unpaired) electrons. The maximum absolute atomic E-state index is 10.7. The lowest BCUT2D eigenvalue weighted by Gasteiger charge is -2.28. The molecule has 1 aliphatic carbocycles. The monoisotopic (exact) mass is 430 g/mol. The van der Waals surface area contributed by atoms with Gasteiger partial charge in [0.2, 0.25) is 5.95 Å². The van der Waals surface area contributed by atoms with E-state index in [4.69, 9.17) is 15.7 Å². The standard InChI is InChI=1S/C25H26N4O3/c1-16-24-21(28-25(26)27-16)14-18(15-22(24)29-32-13-7-12-23(30)31)20-11-6-5-10-19(20)17-8-3-2-4-9-17/h2-6,8-11,18H,7,12-15H2,1H3,(H,30,31)(H2,26,27,28). The largest absolute Gasteiger partial charge is 0.481 e. The summed E-state index contributed by atoms with van der Waals surface area (Å²) in [5.74, 6) is -0.449. The predicted molar refractivity (Wildman–Crippen MR) is 123 cm³/mol. The van der Waals surface area contributed by atoms with Crippen molar-refractivity contribution in [2.45, 2.75) is 38.5 Å². The molecule has 1 atom stereocenters. The van der Waals surface area contributed by atoms with Crippen LogP contribution < -0.4 is 5.73 Å². The first-order chi connectivity index (χ1) is 15.5. The van der Waals surface area contributed by atoms with E-state index in [2.05, 4.69) is 45.5 Å². The summed E-state index contributed by atoms with van der Waals surface area (Å²) in [4.78, 5) is 25.1. The van der Waals surface area contributed by atoms with E-state index in [0.717, 1.165) is 34.6 Å². The molecule has 7 heteroatoms. The molecule has 0 amide bonds. The van der Waals surface area contributed by atoms with Crippen molar-refractivity contribution in [1.82, 2.24) is 9.97 Å². The van der Waals surface area contributed by atoms with Gasteiger partial charge in [-0.1, -0.05) is 59.8 Å². The molecule has 0 aliphatic heterocycles. The highest BCUT2D eigenvalue weighted by atomic mass is 16.6.